The summed E-state index contributed by atoms with van der Waals surface area (Å²) in [7, 11) is 1.71. The summed E-state index contributed by atoms with van der Waals surface area (Å²) in [5, 5.41) is 6.70. The second-order valence-corrected chi connectivity index (χ2v) is 6.18. The van der Waals surface area contributed by atoms with Crippen LogP contribution in [0.15, 0.2) is 60.7 Å². The highest BCUT2D eigenvalue weighted by molar-refractivity contribution is 5.65. The van der Waals surface area contributed by atoms with Crippen LogP contribution in [0.5, 0.6) is 5.75 Å². The first-order chi connectivity index (χ1) is 13.8. The summed E-state index contributed by atoms with van der Waals surface area (Å²) in [4.78, 5) is 9.34. The molecule has 0 atom stereocenters. The highest BCUT2D eigenvalue weighted by Crippen LogP contribution is 2.24. The highest BCUT2D eigenvalue weighted by Gasteiger charge is 2.07. The summed E-state index contributed by atoms with van der Waals surface area (Å²) in [6.07, 6.45) is 0.906. The van der Waals surface area contributed by atoms with Crippen molar-refractivity contribution in [1.29, 1.82) is 0 Å². The van der Waals surface area contributed by atoms with E-state index in [1.54, 1.807) is 7.11 Å². The molecule has 0 saturated carbocycles. The predicted octanol–water partition coefficient (Wildman–Crippen LogP) is 4.73. The van der Waals surface area contributed by atoms with Gasteiger partial charge in [0.2, 0.25) is 0 Å². The minimum absolute atomic E-state index is 0.650. The second-order valence-electron chi connectivity index (χ2n) is 6.18. The molecule has 0 aliphatic carbocycles. The summed E-state index contributed by atoms with van der Waals surface area (Å²) in [5.74, 6) is 3.03. The van der Waals surface area contributed by atoms with Crippen LogP contribution < -0.4 is 15.4 Å². The maximum absolute atomic E-state index is 5.50. The summed E-state index contributed by atoms with van der Waals surface area (Å²) in [6.45, 7) is 4.11. The standard InChI is InChI=1S/C22H26N4O2/c1-3-28-19-12-10-18(11-13-19)24-21-16-20(23-14-7-15-27-2)25-22(26-21)17-8-5-4-6-9-17/h4-6,8-13,16H,3,7,14-15H2,1-2H3,(H2,23,24,25,26). The largest absolute Gasteiger partial charge is 0.494 e. The number of anilines is 3. The Labute approximate surface area is 166 Å². The molecule has 0 spiro atoms. The number of hydrogen-bond donors (Lipinski definition) is 2. The van der Waals surface area contributed by atoms with E-state index in [0.29, 0.717) is 19.0 Å². The van der Waals surface area contributed by atoms with E-state index >= 15 is 0 Å². The van der Waals surface area contributed by atoms with Crippen LogP contribution in [-0.2, 0) is 4.74 Å². The van der Waals surface area contributed by atoms with Gasteiger partial charge in [-0.1, -0.05) is 30.3 Å². The molecule has 0 saturated heterocycles. The molecule has 2 N–H and O–H groups in total. The summed E-state index contributed by atoms with van der Waals surface area (Å²) in [5.41, 5.74) is 1.91. The van der Waals surface area contributed by atoms with Gasteiger partial charge in [0, 0.05) is 37.6 Å². The van der Waals surface area contributed by atoms with E-state index in [1.165, 1.54) is 0 Å². The van der Waals surface area contributed by atoms with Crippen molar-refractivity contribution in [2.24, 2.45) is 0 Å². The van der Waals surface area contributed by atoms with Crippen LogP contribution in [0.1, 0.15) is 13.3 Å². The lowest BCUT2D eigenvalue weighted by molar-refractivity contribution is 0.198. The topological polar surface area (TPSA) is 68.3 Å². The Kier molecular flexibility index (Phi) is 7.21. The number of nitrogens with zero attached hydrogens (tertiary/aromatic N) is 2. The van der Waals surface area contributed by atoms with Crippen molar-refractivity contribution >= 4 is 17.3 Å². The van der Waals surface area contributed by atoms with Crippen molar-refractivity contribution in [1.82, 2.24) is 9.97 Å². The monoisotopic (exact) mass is 378 g/mol. The Balaban J connectivity index is 1.81. The lowest BCUT2D eigenvalue weighted by Gasteiger charge is -2.12. The minimum Gasteiger partial charge on any atom is -0.494 e. The van der Waals surface area contributed by atoms with Crippen LogP contribution in [0.25, 0.3) is 11.4 Å². The molecular weight excluding hydrogens is 352 g/mol. The number of nitrogens with one attached hydrogen (secondary N) is 2. The third-order valence-electron chi connectivity index (χ3n) is 4.03. The average Bonchev–Trinajstić information content (AvgIpc) is 2.73. The van der Waals surface area contributed by atoms with Gasteiger partial charge in [-0.25, -0.2) is 9.97 Å². The fourth-order valence-electron chi connectivity index (χ4n) is 2.70. The van der Waals surface area contributed by atoms with Crippen molar-refractivity contribution in [3.8, 4) is 17.1 Å². The minimum atomic E-state index is 0.650. The molecule has 2 aromatic carbocycles. The predicted molar refractivity (Wildman–Crippen MR) is 113 cm³/mol. The maximum atomic E-state index is 5.50. The normalized spacial score (nSPS) is 10.5. The van der Waals surface area contributed by atoms with Crippen LogP contribution >= 0.6 is 0 Å². The number of benzene rings is 2. The van der Waals surface area contributed by atoms with Crippen molar-refractivity contribution in [3.05, 3.63) is 60.7 Å². The third kappa shape index (κ3) is 5.69. The zero-order chi connectivity index (χ0) is 19.6. The van der Waals surface area contributed by atoms with Crippen molar-refractivity contribution in [3.63, 3.8) is 0 Å². The van der Waals surface area contributed by atoms with E-state index in [9.17, 15) is 0 Å². The molecule has 3 aromatic rings. The molecule has 0 aliphatic rings. The molecule has 0 aliphatic heterocycles. The van der Waals surface area contributed by atoms with E-state index in [-0.39, 0.29) is 0 Å². The molecule has 146 valence electrons. The molecule has 3 rings (SSSR count). The van der Waals surface area contributed by atoms with Crippen LogP contribution in [0.2, 0.25) is 0 Å². The fourth-order valence-corrected chi connectivity index (χ4v) is 2.70. The van der Waals surface area contributed by atoms with Crippen LogP contribution in [0, 0.1) is 0 Å². The number of rotatable bonds is 10. The number of hydrogen-bond acceptors (Lipinski definition) is 6. The molecule has 28 heavy (non-hydrogen) atoms. The number of ether oxygens (including phenoxy) is 2. The lowest BCUT2D eigenvalue weighted by Crippen LogP contribution is -2.08. The summed E-state index contributed by atoms with van der Waals surface area (Å²) in [6, 6.07) is 19.7. The van der Waals surface area contributed by atoms with Crippen LogP contribution in [0.3, 0.4) is 0 Å². The van der Waals surface area contributed by atoms with Gasteiger partial charge in [-0.3, -0.25) is 0 Å². The zero-order valence-electron chi connectivity index (χ0n) is 16.3. The maximum Gasteiger partial charge on any atom is 0.163 e. The molecule has 0 radical (unpaired) electrons. The Morgan fingerprint density at radius 3 is 2.39 bits per heavy atom. The molecule has 0 amide bonds. The molecule has 1 aromatic heterocycles. The molecule has 6 nitrogen and oxygen atoms in total. The van der Waals surface area contributed by atoms with Gasteiger partial charge in [-0.05, 0) is 37.6 Å². The van der Waals surface area contributed by atoms with Crippen molar-refractivity contribution < 1.29 is 9.47 Å². The van der Waals surface area contributed by atoms with Gasteiger partial charge in [0.15, 0.2) is 5.82 Å². The third-order valence-corrected chi connectivity index (χ3v) is 4.03. The lowest BCUT2D eigenvalue weighted by atomic mass is 10.2. The first-order valence-corrected chi connectivity index (χ1v) is 9.45. The Morgan fingerprint density at radius 2 is 1.68 bits per heavy atom. The summed E-state index contributed by atoms with van der Waals surface area (Å²) >= 11 is 0. The summed E-state index contributed by atoms with van der Waals surface area (Å²) < 4.78 is 10.6. The van der Waals surface area contributed by atoms with Gasteiger partial charge < -0.3 is 20.1 Å². The number of aromatic nitrogens is 2. The van der Waals surface area contributed by atoms with E-state index < -0.39 is 0 Å². The van der Waals surface area contributed by atoms with Gasteiger partial charge in [-0.15, -0.1) is 0 Å². The van der Waals surface area contributed by atoms with Gasteiger partial charge in [0.1, 0.15) is 17.4 Å². The zero-order valence-corrected chi connectivity index (χ0v) is 16.3. The first-order valence-electron chi connectivity index (χ1n) is 9.45. The molecule has 0 unspecified atom stereocenters. The van der Waals surface area contributed by atoms with Gasteiger partial charge in [0.05, 0.1) is 6.61 Å². The van der Waals surface area contributed by atoms with Crippen molar-refractivity contribution in [2.45, 2.75) is 13.3 Å². The molecule has 1 heterocycles. The van der Waals surface area contributed by atoms with Gasteiger partial charge >= 0.3 is 0 Å². The van der Waals surface area contributed by atoms with Gasteiger partial charge in [0.25, 0.3) is 0 Å². The average molecular weight is 378 g/mol. The molecular formula is C22H26N4O2. The Morgan fingerprint density at radius 1 is 0.929 bits per heavy atom. The SMILES string of the molecule is CCOc1ccc(Nc2cc(NCCCOC)nc(-c3ccccc3)n2)cc1. The van der Waals surface area contributed by atoms with Gasteiger partial charge in [-0.2, -0.15) is 0 Å². The Bertz CT molecular complexity index is 854. The molecule has 6 heteroatoms. The Hall–Kier alpha value is -3.12. The fraction of sp³-hybridized carbons (Fsp3) is 0.273. The quantitative estimate of drug-likeness (QED) is 0.497. The van der Waals surface area contributed by atoms with E-state index in [1.807, 2.05) is 67.6 Å². The van der Waals surface area contributed by atoms with E-state index in [4.69, 9.17) is 9.47 Å². The van der Waals surface area contributed by atoms with Crippen LogP contribution in [-0.4, -0.2) is 36.8 Å². The number of methoxy groups -OCH3 is 1. The smallest absolute Gasteiger partial charge is 0.163 e. The molecule has 0 bridgehead atoms. The highest BCUT2D eigenvalue weighted by atomic mass is 16.5. The van der Waals surface area contributed by atoms with Crippen molar-refractivity contribution in [2.75, 3.05) is 37.5 Å². The second kappa shape index (κ2) is 10.3. The molecule has 0 fully saturated rings. The first kappa shape index (κ1) is 19.6. The van der Waals surface area contributed by atoms with E-state index in [2.05, 4.69) is 20.6 Å². The van der Waals surface area contributed by atoms with E-state index in [0.717, 1.165) is 41.6 Å². The van der Waals surface area contributed by atoms with Crippen LogP contribution in [0.4, 0.5) is 17.3 Å².